The Morgan fingerprint density at radius 2 is 0.917 bits per heavy atom. The Hall–Kier alpha value is 1.06. The van der Waals surface area contributed by atoms with Crippen LogP contribution in [0.5, 0.6) is 0 Å². The second-order valence-electron chi connectivity index (χ2n) is 7.91. The van der Waals surface area contributed by atoms with E-state index in [0.717, 1.165) is 12.1 Å². The second-order valence-corrected chi connectivity index (χ2v) is 27.4. The molecule has 1 rings (SSSR count). The maximum absolute atomic E-state index is 6.57. The van der Waals surface area contributed by atoms with E-state index in [1.165, 1.54) is 0 Å². The molecule has 0 amide bonds. The summed E-state index contributed by atoms with van der Waals surface area (Å²) < 4.78 is 38.1. The summed E-state index contributed by atoms with van der Waals surface area (Å²) in [6.45, 7) is 20.8. The quantitative estimate of drug-likeness (QED) is 0.604. The maximum atomic E-state index is 6.57. The maximum Gasteiger partial charge on any atom is 0.413 e. The van der Waals surface area contributed by atoms with Crippen LogP contribution in [0.2, 0.25) is 64.5 Å². The fraction of sp³-hybridized carbons (Fsp3) is 1.00. The lowest BCUT2D eigenvalue weighted by Gasteiger charge is -2.44. The number of hydrogen-bond acceptors (Lipinski definition) is 6. The van der Waals surface area contributed by atoms with E-state index < -0.39 is 42.8 Å². The highest BCUT2D eigenvalue weighted by molar-refractivity contribution is 6.90. The van der Waals surface area contributed by atoms with Crippen LogP contribution in [0.1, 0.15) is 13.8 Å². The molecule has 1 saturated heterocycles. The van der Waals surface area contributed by atoms with E-state index in [9.17, 15) is 0 Å². The standard InChI is InChI=1S/C12H34O6Si6/c1-11-24(12-2)14-19-13-20(3,4)15-21(5,6)16-22(7,8)17-23(9,10)18-24/h11-12H2,1-10H3. The monoisotopic (exact) mass is 442 g/mol. The molecule has 6 nitrogen and oxygen atoms in total. The smallest absolute Gasteiger partial charge is 0.413 e. The summed E-state index contributed by atoms with van der Waals surface area (Å²) >= 11 is 0. The Kier molecular flexibility index (Phi) is 7.67. The van der Waals surface area contributed by atoms with Gasteiger partial charge in [0.15, 0.2) is 0 Å². The predicted molar refractivity (Wildman–Crippen MR) is 109 cm³/mol. The van der Waals surface area contributed by atoms with Crippen LogP contribution in [0.3, 0.4) is 0 Å². The third kappa shape index (κ3) is 7.36. The molecule has 0 N–H and O–H groups in total. The lowest BCUT2D eigenvalue weighted by Crippen LogP contribution is -2.61. The molecule has 1 aliphatic rings. The Bertz CT molecular complexity index is 426. The van der Waals surface area contributed by atoms with E-state index in [-0.39, 0.29) is 10.0 Å². The summed E-state index contributed by atoms with van der Waals surface area (Å²) in [6, 6.07) is 1.76. The van der Waals surface area contributed by atoms with E-state index in [0.29, 0.717) is 0 Å². The molecule has 2 radical (unpaired) electrons. The molecule has 12 heteroatoms. The van der Waals surface area contributed by atoms with E-state index in [2.05, 4.69) is 53.1 Å². The number of rotatable bonds is 2. The van der Waals surface area contributed by atoms with Crippen LogP contribution >= 0.6 is 0 Å². The summed E-state index contributed by atoms with van der Waals surface area (Å²) in [4.78, 5) is 0. The third-order valence-corrected chi connectivity index (χ3v) is 25.0. The molecule has 1 heterocycles. The van der Waals surface area contributed by atoms with Crippen molar-refractivity contribution in [1.82, 2.24) is 0 Å². The molecule has 0 saturated carbocycles. The van der Waals surface area contributed by atoms with Crippen LogP contribution in [0.4, 0.5) is 0 Å². The fourth-order valence-corrected chi connectivity index (χ4v) is 28.3. The van der Waals surface area contributed by atoms with E-state index in [1.54, 1.807) is 0 Å². The zero-order chi connectivity index (χ0) is 18.9. The molecule has 1 fully saturated rings. The minimum atomic E-state index is -2.38. The third-order valence-electron chi connectivity index (χ3n) is 3.50. The van der Waals surface area contributed by atoms with Crippen LogP contribution in [-0.2, 0) is 24.7 Å². The highest BCUT2D eigenvalue weighted by atomic mass is 28.5. The Morgan fingerprint density at radius 3 is 1.33 bits per heavy atom. The van der Waals surface area contributed by atoms with E-state index >= 15 is 0 Å². The first kappa shape index (κ1) is 23.1. The molecule has 142 valence electrons. The molecule has 0 atom stereocenters. The minimum absolute atomic E-state index is 0.0500. The minimum Gasteiger partial charge on any atom is -0.416 e. The lowest BCUT2D eigenvalue weighted by atomic mass is 10.9. The molecule has 0 unspecified atom stereocenters. The molecule has 24 heavy (non-hydrogen) atoms. The highest BCUT2D eigenvalue weighted by Crippen LogP contribution is 2.30. The van der Waals surface area contributed by atoms with Crippen LogP contribution in [-0.4, -0.2) is 52.8 Å². The van der Waals surface area contributed by atoms with Crippen LogP contribution in [0.25, 0.3) is 0 Å². The zero-order valence-electron chi connectivity index (χ0n) is 16.9. The zero-order valence-corrected chi connectivity index (χ0v) is 22.9. The van der Waals surface area contributed by atoms with Gasteiger partial charge in [-0.05, 0) is 64.5 Å². The molecule has 0 aromatic carbocycles. The first-order chi connectivity index (χ1) is 10.7. The van der Waals surface area contributed by atoms with Gasteiger partial charge in [-0.3, -0.25) is 0 Å². The predicted octanol–water partition coefficient (Wildman–Crippen LogP) is 3.92. The average molecular weight is 443 g/mol. The first-order valence-electron chi connectivity index (χ1n) is 8.57. The summed E-state index contributed by atoms with van der Waals surface area (Å²) in [5, 5.41) is 0. The summed E-state index contributed by atoms with van der Waals surface area (Å²) in [7, 11) is -11.8. The molecule has 0 aromatic rings. The van der Waals surface area contributed by atoms with Crippen molar-refractivity contribution in [2.75, 3.05) is 0 Å². The van der Waals surface area contributed by atoms with Gasteiger partial charge < -0.3 is 24.7 Å². The summed E-state index contributed by atoms with van der Waals surface area (Å²) in [5.74, 6) is 0. The van der Waals surface area contributed by atoms with Gasteiger partial charge in [0.1, 0.15) is 0 Å². The van der Waals surface area contributed by atoms with Crippen molar-refractivity contribution in [3.05, 3.63) is 0 Å². The molecule has 1 aliphatic heterocycles. The van der Waals surface area contributed by atoms with Crippen molar-refractivity contribution in [3.63, 3.8) is 0 Å². The Labute approximate surface area is 155 Å². The van der Waals surface area contributed by atoms with Gasteiger partial charge in [0, 0.05) is 0 Å². The second kappa shape index (κ2) is 7.97. The van der Waals surface area contributed by atoms with Gasteiger partial charge in [0.05, 0.1) is 0 Å². The topological polar surface area (TPSA) is 55.4 Å². The molecular weight excluding hydrogens is 409 g/mol. The molecule has 0 aliphatic carbocycles. The lowest BCUT2D eigenvalue weighted by molar-refractivity contribution is 0.249. The highest BCUT2D eigenvalue weighted by Gasteiger charge is 2.49. The van der Waals surface area contributed by atoms with Gasteiger partial charge in [0.2, 0.25) is 0 Å². The SMILES string of the molecule is CC[Si]1(CC)O[Si]O[Si](C)(C)O[Si](C)(C)O[Si](C)(C)O[Si](C)(C)O1. The van der Waals surface area contributed by atoms with Gasteiger partial charge in [-0.25, -0.2) is 0 Å². The van der Waals surface area contributed by atoms with Crippen LogP contribution in [0, 0.1) is 0 Å². The van der Waals surface area contributed by atoms with Gasteiger partial charge in [-0.2, -0.15) is 0 Å². The summed E-state index contributed by atoms with van der Waals surface area (Å²) in [5.41, 5.74) is 0. The van der Waals surface area contributed by atoms with Crippen molar-refractivity contribution in [3.8, 4) is 0 Å². The van der Waals surface area contributed by atoms with Crippen LogP contribution in [0.15, 0.2) is 0 Å². The first-order valence-corrected chi connectivity index (χ1v) is 22.9. The van der Waals surface area contributed by atoms with Gasteiger partial charge in [-0.15, -0.1) is 0 Å². The summed E-state index contributed by atoms with van der Waals surface area (Å²) in [6.07, 6.45) is 0. The average Bonchev–Trinajstić information content (AvgIpc) is 2.31. The van der Waals surface area contributed by atoms with E-state index in [4.69, 9.17) is 24.7 Å². The molecule has 0 spiro atoms. The van der Waals surface area contributed by atoms with Gasteiger partial charge >= 0.3 is 52.8 Å². The fourth-order valence-electron chi connectivity index (χ4n) is 3.06. The normalized spacial score (nSPS) is 29.2. The molecule has 0 aromatic heterocycles. The molecular formula is C12H34O6Si6. The molecule has 0 bridgehead atoms. The van der Waals surface area contributed by atoms with Crippen molar-refractivity contribution in [2.45, 2.75) is 78.3 Å². The van der Waals surface area contributed by atoms with Crippen LogP contribution < -0.4 is 0 Å². The van der Waals surface area contributed by atoms with E-state index in [1.807, 2.05) is 13.1 Å². The van der Waals surface area contributed by atoms with Crippen molar-refractivity contribution >= 4 is 52.8 Å². The Balaban J connectivity index is 3.15. The van der Waals surface area contributed by atoms with Gasteiger partial charge in [0.25, 0.3) is 0 Å². The van der Waals surface area contributed by atoms with Gasteiger partial charge in [-0.1, -0.05) is 13.8 Å². The largest absolute Gasteiger partial charge is 0.416 e. The van der Waals surface area contributed by atoms with Crippen molar-refractivity contribution in [2.24, 2.45) is 0 Å². The van der Waals surface area contributed by atoms with Crippen molar-refractivity contribution < 1.29 is 24.7 Å². The Morgan fingerprint density at radius 1 is 0.542 bits per heavy atom. The van der Waals surface area contributed by atoms with Crippen molar-refractivity contribution in [1.29, 1.82) is 0 Å². The number of hydrogen-bond donors (Lipinski definition) is 0.